The number of benzene rings is 2. The second kappa shape index (κ2) is 11.1. The van der Waals surface area contributed by atoms with E-state index in [0.717, 1.165) is 16.7 Å². The van der Waals surface area contributed by atoms with Crippen LogP contribution in [0.2, 0.25) is 0 Å². The highest BCUT2D eigenvalue weighted by Gasteiger charge is 2.17. The molecule has 0 bridgehead atoms. The molecule has 1 heterocycles. The Bertz CT molecular complexity index is 1080. The average Bonchev–Trinajstić information content (AvgIpc) is 2.80. The molecule has 2 unspecified atom stereocenters. The van der Waals surface area contributed by atoms with Gasteiger partial charge in [-0.1, -0.05) is 35.4 Å². The largest absolute Gasteiger partial charge is 0.481 e. The monoisotopic (exact) mass is 447 g/mol. The fourth-order valence-electron chi connectivity index (χ4n) is 2.96. The first-order valence-corrected chi connectivity index (χ1v) is 10.8. The van der Waals surface area contributed by atoms with Gasteiger partial charge in [-0.3, -0.25) is 9.59 Å². The number of anilines is 1. The summed E-state index contributed by atoms with van der Waals surface area (Å²) in [6.07, 6.45) is 0.237. The highest BCUT2D eigenvalue weighted by Crippen LogP contribution is 2.15. The van der Waals surface area contributed by atoms with Crippen LogP contribution >= 0.6 is 0 Å². The molecule has 0 saturated heterocycles. The van der Waals surface area contributed by atoms with E-state index in [-0.39, 0.29) is 18.4 Å². The molecule has 0 fully saturated rings. The minimum atomic E-state index is -0.697. The topological polar surface area (TPSA) is 89.5 Å². The average molecular weight is 448 g/mol. The van der Waals surface area contributed by atoms with E-state index in [1.807, 2.05) is 62.4 Å². The molecule has 2 N–H and O–H groups in total. The number of aryl methyl sites for hydroxylation is 2. The highest BCUT2D eigenvalue weighted by atomic mass is 16.5. The summed E-state index contributed by atoms with van der Waals surface area (Å²) in [5, 5.41) is 5.59. The summed E-state index contributed by atoms with van der Waals surface area (Å²) in [6.45, 7) is 7.63. The van der Waals surface area contributed by atoms with Gasteiger partial charge < -0.3 is 20.1 Å². The van der Waals surface area contributed by atoms with Crippen LogP contribution in [-0.2, 0) is 16.1 Å². The molecular formula is C26H29N3O4. The summed E-state index contributed by atoms with van der Waals surface area (Å²) in [6, 6.07) is 18.5. The SMILES string of the molecule is Cc1ccc(OC(C)C(=O)NCc2ccnc(NC(=O)C(C)Oc3ccc(C)cc3)c2)cc1. The van der Waals surface area contributed by atoms with Crippen molar-refractivity contribution in [2.75, 3.05) is 5.32 Å². The lowest BCUT2D eigenvalue weighted by molar-refractivity contribution is -0.127. The number of pyridine rings is 1. The van der Waals surface area contributed by atoms with Gasteiger partial charge in [0, 0.05) is 12.7 Å². The van der Waals surface area contributed by atoms with Crippen LogP contribution in [0, 0.1) is 13.8 Å². The Morgan fingerprint density at radius 2 is 1.33 bits per heavy atom. The maximum absolute atomic E-state index is 12.5. The van der Waals surface area contributed by atoms with Crippen molar-refractivity contribution in [2.45, 2.75) is 46.4 Å². The fourth-order valence-corrected chi connectivity index (χ4v) is 2.96. The summed E-state index contributed by atoms with van der Waals surface area (Å²) >= 11 is 0. The maximum Gasteiger partial charge on any atom is 0.266 e. The van der Waals surface area contributed by atoms with Crippen LogP contribution < -0.4 is 20.1 Å². The van der Waals surface area contributed by atoms with Crippen molar-refractivity contribution < 1.29 is 19.1 Å². The van der Waals surface area contributed by atoms with Crippen LogP contribution in [0.25, 0.3) is 0 Å². The standard InChI is InChI=1S/C26H29N3O4/c1-17-5-9-22(10-6-17)32-19(3)25(30)28-16-21-13-14-27-24(15-21)29-26(31)20(4)33-23-11-7-18(2)8-12-23/h5-15,19-20H,16H2,1-4H3,(H,28,30)(H,27,29,31). The van der Waals surface area contributed by atoms with E-state index in [1.165, 1.54) is 0 Å². The molecule has 0 radical (unpaired) electrons. The minimum Gasteiger partial charge on any atom is -0.481 e. The molecule has 0 aliphatic rings. The zero-order chi connectivity index (χ0) is 23.8. The van der Waals surface area contributed by atoms with Gasteiger partial charge in [-0.15, -0.1) is 0 Å². The molecule has 172 valence electrons. The van der Waals surface area contributed by atoms with Crippen molar-refractivity contribution in [3.05, 3.63) is 83.6 Å². The number of nitrogens with zero attached hydrogens (tertiary/aromatic N) is 1. The third-order valence-corrected chi connectivity index (χ3v) is 4.95. The molecule has 0 spiro atoms. The Hall–Kier alpha value is -3.87. The Labute approximate surface area is 194 Å². The van der Waals surface area contributed by atoms with Crippen molar-refractivity contribution in [2.24, 2.45) is 0 Å². The third-order valence-electron chi connectivity index (χ3n) is 4.95. The van der Waals surface area contributed by atoms with Crippen molar-refractivity contribution in [1.82, 2.24) is 10.3 Å². The number of hydrogen-bond acceptors (Lipinski definition) is 5. The zero-order valence-corrected chi connectivity index (χ0v) is 19.3. The first-order chi connectivity index (χ1) is 15.8. The summed E-state index contributed by atoms with van der Waals surface area (Å²) in [5.41, 5.74) is 3.03. The smallest absolute Gasteiger partial charge is 0.266 e. The number of aromatic nitrogens is 1. The predicted molar refractivity (Wildman–Crippen MR) is 127 cm³/mol. The van der Waals surface area contributed by atoms with Gasteiger partial charge in [-0.25, -0.2) is 4.98 Å². The fraction of sp³-hybridized carbons (Fsp3) is 0.269. The Morgan fingerprint density at radius 1 is 0.818 bits per heavy atom. The van der Waals surface area contributed by atoms with Gasteiger partial charge in [0.15, 0.2) is 12.2 Å². The molecule has 0 saturated carbocycles. The highest BCUT2D eigenvalue weighted by molar-refractivity contribution is 5.93. The number of hydrogen-bond donors (Lipinski definition) is 2. The second-order valence-electron chi connectivity index (χ2n) is 7.90. The molecular weight excluding hydrogens is 418 g/mol. The Kier molecular flexibility index (Phi) is 8.02. The van der Waals surface area contributed by atoms with Gasteiger partial charge in [0.05, 0.1) is 0 Å². The maximum atomic E-state index is 12.5. The van der Waals surface area contributed by atoms with Crippen molar-refractivity contribution >= 4 is 17.6 Å². The quantitative estimate of drug-likeness (QED) is 0.513. The van der Waals surface area contributed by atoms with Crippen molar-refractivity contribution in [1.29, 1.82) is 0 Å². The number of carbonyl (C=O) groups is 2. The molecule has 7 heteroatoms. The molecule has 3 rings (SSSR count). The Balaban J connectivity index is 1.50. The third kappa shape index (κ3) is 7.35. The van der Waals surface area contributed by atoms with E-state index < -0.39 is 12.2 Å². The molecule has 2 atom stereocenters. The van der Waals surface area contributed by atoms with Gasteiger partial charge in [-0.05, 0) is 69.7 Å². The number of ether oxygens (including phenoxy) is 2. The molecule has 7 nitrogen and oxygen atoms in total. The van der Waals surface area contributed by atoms with Crippen LogP contribution in [0.3, 0.4) is 0 Å². The normalized spacial score (nSPS) is 12.4. The summed E-state index contributed by atoms with van der Waals surface area (Å²) < 4.78 is 11.4. The molecule has 3 aromatic rings. The van der Waals surface area contributed by atoms with E-state index in [4.69, 9.17) is 9.47 Å². The number of rotatable bonds is 9. The second-order valence-corrected chi connectivity index (χ2v) is 7.90. The molecule has 0 aliphatic carbocycles. The van der Waals surface area contributed by atoms with E-state index >= 15 is 0 Å². The van der Waals surface area contributed by atoms with Gasteiger partial charge in [0.2, 0.25) is 0 Å². The van der Waals surface area contributed by atoms with Gasteiger partial charge in [0.1, 0.15) is 17.3 Å². The first kappa shape index (κ1) is 23.8. The van der Waals surface area contributed by atoms with Crippen LogP contribution in [-0.4, -0.2) is 29.0 Å². The summed E-state index contributed by atoms with van der Waals surface area (Å²) in [7, 11) is 0. The molecule has 1 aromatic heterocycles. The molecule has 0 aliphatic heterocycles. The Morgan fingerprint density at radius 3 is 1.88 bits per heavy atom. The van der Waals surface area contributed by atoms with Crippen LogP contribution in [0.1, 0.15) is 30.5 Å². The minimum absolute atomic E-state index is 0.238. The lowest BCUT2D eigenvalue weighted by Crippen LogP contribution is -2.36. The molecule has 2 amide bonds. The molecule has 33 heavy (non-hydrogen) atoms. The first-order valence-electron chi connectivity index (χ1n) is 10.8. The lowest BCUT2D eigenvalue weighted by atomic mass is 10.2. The summed E-state index contributed by atoms with van der Waals surface area (Å²) in [5.74, 6) is 1.09. The predicted octanol–water partition coefficient (Wildman–Crippen LogP) is 4.19. The van der Waals surface area contributed by atoms with Crippen LogP contribution in [0.4, 0.5) is 5.82 Å². The van der Waals surface area contributed by atoms with Gasteiger partial charge in [0.25, 0.3) is 11.8 Å². The number of carbonyl (C=O) groups excluding carboxylic acids is 2. The van der Waals surface area contributed by atoms with Crippen molar-refractivity contribution in [3.63, 3.8) is 0 Å². The van der Waals surface area contributed by atoms with Gasteiger partial charge in [-0.2, -0.15) is 0 Å². The van der Waals surface area contributed by atoms with Crippen LogP contribution in [0.15, 0.2) is 66.9 Å². The molecule has 2 aromatic carbocycles. The van der Waals surface area contributed by atoms with E-state index in [0.29, 0.717) is 17.3 Å². The number of amides is 2. The van der Waals surface area contributed by atoms with Crippen molar-refractivity contribution in [3.8, 4) is 11.5 Å². The lowest BCUT2D eigenvalue weighted by Gasteiger charge is -2.16. The van der Waals surface area contributed by atoms with E-state index in [2.05, 4.69) is 15.6 Å². The van der Waals surface area contributed by atoms with Crippen LogP contribution in [0.5, 0.6) is 11.5 Å². The number of nitrogens with one attached hydrogen (secondary N) is 2. The van der Waals surface area contributed by atoms with Gasteiger partial charge >= 0.3 is 0 Å². The zero-order valence-electron chi connectivity index (χ0n) is 19.3. The van der Waals surface area contributed by atoms with E-state index in [9.17, 15) is 9.59 Å². The van der Waals surface area contributed by atoms with E-state index in [1.54, 1.807) is 32.2 Å². The summed E-state index contributed by atoms with van der Waals surface area (Å²) in [4.78, 5) is 29.1.